The summed E-state index contributed by atoms with van der Waals surface area (Å²) in [4.78, 5) is 9.60. The Balaban J connectivity index is 2.20. The Morgan fingerprint density at radius 1 is 0.960 bits per heavy atom. The van der Waals surface area contributed by atoms with Crippen molar-refractivity contribution in [3.05, 3.63) is 58.4 Å². The Morgan fingerprint density at radius 2 is 1.72 bits per heavy atom. The second-order valence-electron chi connectivity index (χ2n) is 6.22. The van der Waals surface area contributed by atoms with Crippen LogP contribution in [0.4, 0.5) is 0 Å². The number of methoxy groups -OCH3 is 1. The first-order chi connectivity index (χ1) is 12.0. The Morgan fingerprint density at radius 3 is 2.48 bits per heavy atom. The van der Waals surface area contributed by atoms with Crippen molar-refractivity contribution < 1.29 is 4.74 Å². The summed E-state index contributed by atoms with van der Waals surface area (Å²) >= 11 is 6.25. The van der Waals surface area contributed by atoms with E-state index in [0.717, 1.165) is 50.6 Å². The molecule has 0 aliphatic heterocycles. The van der Waals surface area contributed by atoms with Gasteiger partial charge >= 0.3 is 0 Å². The standard InChI is InChI=1S/C20H18ClN3O/c1-11-5-6-14(21)9-16(11)20-23-13(3)19-12(2)22-17-8-7-15(25-4)10-18(17)24(19)20/h5-10H,1-4H3. The molecule has 0 aliphatic rings. The van der Waals surface area contributed by atoms with Crippen molar-refractivity contribution in [3.8, 4) is 17.1 Å². The monoisotopic (exact) mass is 351 g/mol. The van der Waals surface area contributed by atoms with Gasteiger partial charge in [0.15, 0.2) is 0 Å². The molecular weight excluding hydrogens is 334 g/mol. The van der Waals surface area contributed by atoms with Gasteiger partial charge in [0.1, 0.15) is 11.6 Å². The molecule has 0 spiro atoms. The van der Waals surface area contributed by atoms with E-state index in [-0.39, 0.29) is 0 Å². The number of hydrogen-bond donors (Lipinski definition) is 0. The molecule has 0 N–H and O–H groups in total. The first-order valence-corrected chi connectivity index (χ1v) is 8.47. The number of halogens is 1. The molecule has 0 bridgehead atoms. The lowest BCUT2D eigenvalue weighted by atomic mass is 10.1. The largest absolute Gasteiger partial charge is 0.497 e. The molecule has 0 atom stereocenters. The summed E-state index contributed by atoms with van der Waals surface area (Å²) in [7, 11) is 1.67. The summed E-state index contributed by atoms with van der Waals surface area (Å²) in [5, 5.41) is 0.697. The van der Waals surface area contributed by atoms with Crippen LogP contribution in [0.1, 0.15) is 17.0 Å². The summed E-state index contributed by atoms with van der Waals surface area (Å²) < 4.78 is 7.57. The maximum atomic E-state index is 6.25. The average molecular weight is 352 g/mol. The Hall–Kier alpha value is -2.59. The number of aryl methyl sites for hydroxylation is 3. The van der Waals surface area contributed by atoms with E-state index < -0.39 is 0 Å². The lowest BCUT2D eigenvalue weighted by molar-refractivity contribution is 0.415. The van der Waals surface area contributed by atoms with Crippen molar-refractivity contribution in [2.45, 2.75) is 20.8 Å². The highest BCUT2D eigenvalue weighted by Gasteiger charge is 2.18. The van der Waals surface area contributed by atoms with E-state index in [1.807, 2.05) is 50.2 Å². The zero-order valence-corrected chi connectivity index (χ0v) is 15.3. The normalized spacial score (nSPS) is 11.4. The SMILES string of the molecule is COc1ccc2nc(C)c3c(C)nc(-c4cc(Cl)ccc4C)n3c2c1. The van der Waals surface area contributed by atoms with Crippen molar-refractivity contribution in [2.24, 2.45) is 0 Å². The highest BCUT2D eigenvalue weighted by atomic mass is 35.5. The highest BCUT2D eigenvalue weighted by molar-refractivity contribution is 6.30. The van der Waals surface area contributed by atoms with E-state index >= 15 is 0 Å². The first kappa shape index (κ1) is 15.9. The van der Waals surface area contributed by atoms with E-state index in [4.69, 9.17) is 26.3 Å². The number of imidazole rings is 1. The van der Waals surface area contributed by atoms with Crippen LogP contribution in [-0.4, -0.2) is 21.5 Å². The van der Waals surface area contributed by atoms with Crippen LogP contribution in [0.15, 0.2) is 36.4 Å². The van der Waals surface area contributed by atoms with Crippen LogP contribution in [0.2, 0.25) is 5.02 Å². The third-order valence-electron chi connectivity index (χ3n) is 4.55. The van der Waals surface area contributed by atoms with Gasteiger partial charge in [-0.25, -0.2) is 9.97 Å². The van der Waals surface area contributed by atoms with Gasteiger partial charge in [-0.05, 0) is 50.6 Å². The van der Waals surface area contributed by atoms with Crippen LogP contribution in [0.25, 0.3) is 27.9 Å². The minimum atomic E-state index is 0.697. The molecule has 0 radical (unpaired) electrons. The smallest absolute Gasteiger partial charge is 0.145 e. The van der Waals surface area contributed by atoms with Crippen molar-refractivity contribution in [2.75, 3.05) is 7.11 Å². The third kappa shape index (κ3) is 2.45. The topological polar surface area (TPSA) is 39.4 Å². The molecule has 0 saturated carbocycles. The lowest BCUT2D eigenvalue weighted by Gasteiger charge is -2.11. The van der Waals surface area contributed by atoms with Crippen molar-refractivity contribution in [3.63, 3.8) is 0 Å². The Bertz CT molecular complexity index is 1130. The quantitative estimate of drug-likeness (QED) is 0.502. The summed E-state index contributed by atoms with van der Waals surface area (Å²) in [5.74, 6) is 1.66. The molecule has 2 aromatic heterocycles. The van der Waals surface area contributed by atoms with Gasteiger partial charge in [0, 0.05) is 16.7 Å². The molecule has 126 valence electrons. The van der Waals surface area contributed by atoms with Gasteiger partial charge in [-0.2, -0.15) is 0 Å². The molecule has 2 heterocycles. The van der Waals surface area contributed by atoms with Crippen molar-refractivity contribution in [1.82, 2.24) is 14.4 Å². The average Bonchev–Trinajstić information content (AvgIpc) is 2.95. The molecule has 25 heavy (non-hydrogen) atoms. The summed E-state index contributed by atoms with van der Waals surface area (Å²) in [5.41, 5.74) is 6.94. The fraction of sp³-hybridized carbons (Fsp3) is 0.200. The molecule has 2 aromatic carbocycles. The number of nitrogens with zero attached hydrogens (tertiary/aromatic N) is 3. The molecule has 4 nitrogen and oxygen atoms in total. The number of hydrogen-bond acceptors (Lipinski definition) is 3. The predicted octanol–water partition coefficient (Wildman–Crippen LogP) is 5.14. The maximum absolute atomic E-state index is 6.25. The second kappa shape index (κ2) is 5.74. The molecule has 0 aliphatic carbocycles. The van der Waals surface area contributed by atoms with Crippen LogP contribution < -0.4 is 4.74 Å². The predicted molar refractivity (Wildman–Crippen MR) is 102 cm³/mol. The number of ether oxygens (including phenoxy) is 1. The van der Waals surface area contributed by atoms with E-state index in [1.165, 1.54) is 0 Å². The van der Waals surface area contributed by atoms with Crippen molar-refractivity contribution in [1.29, 1.82) is 0 Å². The Kier molecular flexibility index (Phi) is 3.65. The fourth-order valence-electron chi connectivity index (χ4n) is 3.34. The number of benzene rings is 2. The minimum Gasteiger partial charge on any atom is -0.497 e. The number of rotatable bonds is 2. The van der Waals surface area contributed by atoms with Crippen LogP contribution >= 0.6 is 11.6 Å². The van der Waals surface area contributed by atoms with Crippen LogP contribution in [0.5, 0.6) is 5.75 Å². The van der Waals surface area contributed by atoms with Crippen LogP contribution in [-0.2, 0) is 0 Å². The molecule has 0 fully saturated rings. The zero-order valence-electron chi connectivity index (χ0n) is 14.6. The molecule has 0 unspecified atom stereocenters. The lowest BCUT2D eigenvalue weighted by Crippen LogP contribution is -1.99. The van der Waals surface area contributed by atoms with Crippen LogP contribution in [0, 0.1) is 20.8 Å². The van der Waals surface area contributed by atoms with E-state index in [2.05, 4.69) is 11.3 Å². The summed E-state index contributed by atoms with van der Waals surface area (Å²) in [6.45, 7) is 6.10. The third-order valence-corrected chi connectivity index (χ3v) is 4.78. The summed E-state index contributed by atoms with van der Waals surface area (Å²) in [6.07, 6.45) is 0. The van der Waals surface area contributed by atoms with Gasteiger partial charge in [0.2, 0.25) is 0 Å². The fourth-order valence-corrected chi connectivity index (χ4v) is 3.51. The van der Waals surface area contributed by atoms with Gasteiger partial charge in [0.05, 0.1) is 35.0 Å². The van der Waals surface area contributed by atoms with E-state index in [0.29, 0.717) is 5.02 Å². The van der Waals surface area contributed by atoms with Gasteiger partial charge in [-0.3, -0.25) is 4.40 Å². The highest BCUT2D eigenvalue weighted by Crippen LogP contribution is 2.32. The van der Waals surface area contributed by atoms with E-state index in [1.54, 1.807) is 7.11 Å². The van der Waals surface area contributed by atoms with Gasteiger partial charge in [-0.15, -0.1) is 0 Å². The second-order valence-corrected chi connectivity index (χ2v) is 6.65. The maximum Gasteiger partial charge on any atom is 0.145 e. The van der Waals surface area contributed by atoms with E-state index in [9.17, 15) is 0 Å². The van der Waals surface area contributed by atoms with Gasteiger partial charge < -0.3 is 4.74 Å². The van der Waals surface area contributed by atoms with Gasteiger partial charge in [-0.1, -0.05) is 17.7 Å². The number of fused-ring (bicyclic) bond motifs is 3. The van der Waals surface area contributed by atoms with Crippen LogP contribution in [0.3, 0.4) is 0 Å². The van der Waals surface area contributed by atoms with Crippen molar-refractivity contribution >= 4 is 28.2 Å². The molecule has 4 rings (SSSR count). The first-order valence-electron chi connectivity index (χ1n) is 8.09. The molecule has 0 amide bonds. The molecule has 5 heteroatoms. The number of aromatic nitrogens is 3. The molecule has 4 aromatic rings. The zero-order chi connectivity index (χ0) is 17.7. The van der Waals surface area contributed by atoms with Gasteiger partial charge in [0.25, 0.3) is 0 Å². The minimum absolute atomic E-state index is 0.697. The molecule has 0 saturated heterocycles. The molecular formula is C20H18ClN3O. The Labute approximate surface area is 151 Å². The summed E-state index contributed by atoms with van der Waals surface area (Å²) in [6, 6.07) is 11.8.